The highest BCUT2D eigenvalue weighted by Crippen LogP contribution is 1.89. The molecule has 0 spiro atoms. The van der Waals surface area contributed by atoms with Gasteiger partial charge in [-0.15, -0.1) is 0 Å². The summed E-state index contributed by atoms with van der Waals surface area (Å²) in [5.41, 5.74) is 0. The summed E-state index contributed by atoms with van der Waals surface area (Å²) in [4.78, 5) is 10.5. The summed E-state index contributed by atoms with van der Waals surface area (Å²) in [6.45, 7) is 3.69. The molecular formula is C13H18O. The van der Waals surface area contributed by atoms with Crippen molar-refractivity contribution in [3.05, 3.63) is 48.6 Å². The minimum Gasteiger partial charge on any atom is -0.295 e. The lowest BCUT2D eigenvalue weighted by molar-refractivity contribution is -0.112. The van der Waals surface area contributed by atoms with Crippen molar-refractivity contribution >= 4 is 5.78 Å². The van der Waals surface area contributed by atoms with E-state index >= 15 is 0 Å². The van der Waals surface area contributed by atoms with Crippen molar-refractivity contribution in [1.82, 2.24) is 0 Å². The first kappa shape index (κ1) is 12.6. The van der Waals surface area contributed by atoms with Crippen molar-refractivity contribution in [2.75, 3.05) is 0 Å². The Hall–Kier alpha value is -1.37. The highest BCUT2D eigenvalue weighted by atomic mass is 16.1. The number of unbranched alkanes of at least 4 members (excludes halogenated alkanes) is 1. The number of ketones is 1. The first-order chi connectivity index (χ1) is 6.77. The molecule has 0 heterocycles. The van der Waals surface area contributed by atoms with Gasteiger partial charge in [-0.25, -0.2) is 0 Å². The van der Waals surface area contributed by atoms with Gasteiger partial charge in [-0.1, -0.05) is 55.9 Å². The molecule has 1 heteroatoms. The fourth-order valence-electron chi connectivity index (χ4n) is 0.789. The van der Waals surface area contributed by atoms with Crippen LogP contribution in [0.1, 0.15) is 26.7 Å². The summed E-state index contributed by atoms with van der Waals surface area (Å²) >= 11 is 0. The molecule has 0 rings (SSSR count). The van der Waals surface area contributed by atoms with Crippen LogP contribution in [-0.4, -0.2) is 5.78 Å². The average molecular weight is 190 g/mol. The Bertz CT molecular complexity index is 254. The molecule has 0 aromatic carbocycles. The van der Waals surface area contributed by atoms with Crippen molar-refractivity contribution in [3.63, 3.8) is 0 Å². The van der Waals surface area contributed by atoms with E-state index in [9.17, 15) is 4.79 Å². The van der Waals surface area contributed by atoms with E-state index in [0.717, 1.165) is 6.42 Å². The lowest BCUT2D eigenvalue weighted by Gasteiger charge is -1.79. The van der Waals surface area contributed by atoms with E-state index in [-0.39, 0.29) is 5.78 Å². The third-order valence-corrected chi connectivity index (χ3v) is 1.48. The van der Waals surface area contributed by atoms with Gasteiger partial charge in [0.1, 0.15) is 0 Å². The number of carbonyl (C=O) groups excluding carboxylic acids is 1. The second-order valence-corrected chi connectivity index (χ2v) is 2.96. The zero-order chi connectivity index (χ0) is 10.6. The van der Waals surface area contributed by atoms with Gasteiger partial charge in [-0.05, 0) is 19.4 Å². The Morgan fingerprint density at radius 2 is 1.57 bits per heavy atom. The normalized spacial score (nSPS) is 12.7. The Kier molecular flexibility index (Phi) is 8.77. The molecule has 0 atom stereocenters. The van der Waals surface area contributed by atoms with Crippen LogP contribution in [0.15, 0.2) is 48.6 Å². The lowest BCUT2D eigenvalue weighted by atomic mass is 10.3. The third-order valence-electron chi connectivity index (χ3n) is 1.48. The molecule has 0 fully saturated rings. The Morgan fingerprint density at radius 1 is 1.00 bits per heavy atom. The number of hydrogen-bond donors (Lipinski definition) is 0. The topological polar surface area (TPSA) is 17.1 Å². The van der Waals surface area contributed by atoms with E-state index in [1.54, 1.807) is 6.08 Å². The molecular weight excluding hydrogens is 172 g/mol. The van der Waals surface area contributed by atoms with E-state index < -0.39 is 0 Å². The van der Waals surface area contributed by atoms with Crippen molar-refractivity contribution in [2.45, 2.75) is 26.7 Å². The van der Waals surface area contributed by atoms with Crippen LogP contribution >= 0.6 is 0 Å². The molecule has 0 N–H and O–H groups in total. The standard InChI is InChI=1S/C13H18O/c1-3-4-5-6-7-8-9-10-11-12-13(2)14/h5-12H,3-4H2,1-2H3/b6-5+,8-7+,10-9+,12-11+. The first-order valence-corrected chi connectivity index (χ1v) is 4.94. The van der Waals surface area contributed by atoms with E-state index in [2.05, 4.69) is 13.0 Å². The summed E-state index contributed by atoms with van der Waals surface area (Å²) in [5.74, 6) is 0.0708. The molecule has 76 valence electrons. The van der Waals surface area contributed by atoms with Gasteiger partial charge in [0, 0.05) is 0 Å². The van der Waals surface area contributed by atoms with E-state index in [1.807, 2.05) is 30.4 Å². The van der Waals surface area contributed by atoms with Crippen LogP contribution in [0.2, 0.25) is 0 Å². The Labute approximate surface area is 86.5 Å². The van der Waals surface area contributed by atoms with Gasteiger partial charge in [0.05, 0.1) is 0 Å². The maximum Gasteiger partial charge on any atom is 0.152 e. The van der Waals surface area contributed by atoms with Gasteiger partial charge >= 0.3 is 0 Å². The maximum atomic E-state index is 10.5. The molecule has 0 saturated heterocycles. The number of allylic oxidation sites excluding steroid dienone is 8. The lowest BCUT2D eigenvalue weighted by Crippen LogP contribution is -1.77. The zero-order valence-electron chi connectivity index (χ0n) is 8.94. The van der Waals surface area contributed by atoms with E-state index in [4.69, 9.17) is 0 Å². The monoisotopic (exact) mass is 190 g/mol. The molecule has 0 amide bonds. The largest absolute Gasteiger partial charge is 0.295 e. The number of rotatable bonds is 6. The van der Waals surface area contributed by atoms with Gasteiger partial charge in [0.15, 0.2) is 5.78 Å². The van der Waals surface area contributed by atoms with Gasteiger partial charge in [-0.2, -0.15) is 0 Å². The molecule has 0 saturated carbocycles. The molecule has 0 aliphatic carbocycles. The molecule has 0 aliphatic heterocycles. The number of hydrogen-bond acceptors (Lipinski definition) is 1. The Morgan fingerprint density at radius 3 is 2.14 bits per heavy atom. The fraction of sp³-hybridized carbons (Fsp3) is 0.308. The zero-order valence-corrected chi connectivity index (χ0v) is 8.94. The van der Waals surface area contributed by atoms with E-state index in [0.29, 0.717) is 0 Å². The van der Waals surface area contributed by atoms with Crippen LogP contribution in [0.4, 0.5) is 0 Å². The molecule has 1 nitrogen and oxygen atoms in total. The van der Waals surface area contributed by atoms with Crippen molar-refractivity contribution in [3.8, 4) is 0 Å². The summed E-state index contributed by atoms with van der Waals surface area (Å²) in [6, 6.07) is 0. The first-order valence-electron chi connectivity index (χ1n) is 4.94. The van der Waals surface area contributed by atoms with Crippen LogP contribution in [0.5, 0.6) is 0 Å². The van der Waals surface area contributed by atoms with Crippen LogP contribution in [0, 0.1) is 0 Å². The minimum atomic E-state index is 0.0708. The van der Waals surface area contributed by atoms with Crippen LogP contribution in [0.3, 0.4) is 0 Å². The smallest absolute Gasteiger partial charge is 0.152 e. The second kappa shape index (κ2) is 9.72. The summed E-state index contributed by atoms with van der Waals surface area (Å²) < 4.78 is 0. The third kappa shape index (κ3) is 10.6. The molecule has 0 bridgehead atoms. The minimum absolute atomic E-state index is 0.0708. The summed E-state index contributed by atoms with van der Waals surface area (Å²) in [6.07, 6.45) is 17.4. The van der Waals surface area contributed by atoms with Gasteiger partial charge in [0.2, 0.25) is 0 Å². The SMILES string of the molecule is CCC/C=C/C=C/C=C/C=C/C(C)=O. The van der Waals surface area contributed by atoms with Gasteiger partial charge in [-0.3, -0.25) is 4.79 Å². The fourth-order valence-corrected chi connectivity index (χ4v) is 0.789. The van der Waals surface area contributed by atoms with Gasteiger partial charge in [0.25, 0.3) is 0 Å². The molecule has 0 aromatic heterocycles. The Balaban J connectivity index is 3.65. The highest BCUT2D eigenvalue weighted by molar-refractivity contribution is 5.87. The van der Waals surface area contributed by atoms with Crippen LogP contribution in [-0.2, 0) is 4.79 Å². The molecule has 14 heavy (non-hydrogen) atoms. The van der Waals surface area contributed by atoms with Crippen molar-refractivity contribution < 1.29 is 4.79 Å². The van der Waals surface area contributed by atoms with Crippen LogP contribution in [0.25, 0.3) is 0 Å². The molecule has 0 unspecified atom stereocenters. The predicted octanol–water partition coefficient (Wildman–Crippen LogP) is 3.60. The summed E-state index contributed by atoms with van der Waals surface area (Å²) in [5, 5.41) is 0. The average Bonchev–Trinajstić information content (AvgIpc) is 2.15. The predicted molar refractivity (Wildman–Crippen MR) is 62.1 cm³/mol. The molecule has 0 aliphatic rings. The summed E-state index contributed by atoms with van der Waals surface area (Å²) in [7, 11) is 0. The quantitative estimate of drug-likeness (QED) is 0.462. The molecule has 0 radical (unpaired) electrons. The molecule has 0 aromatic rings. The maximum absolute atomic E-state index is 10.5. The second-order valence-electron chi connectivity index (χ2n) is 2.96. The van der Waals surface area contributed by atoms with Crippen LogP contribution < -0.4 is 0 Å². The highest BCUT2D eigenvalue weighted by Gasteiger charge is 1.75. The van der Waals surface area contributed by atoms with E-state index in [1.165, 1.54) is 19.4 Å². The van der Waals surface area contributed by atoms with Crippen molar-refractivity contribution in [2.24, 2.45) is 0 Å². The van der Waals surface area contributed by atoms with Crippen molar-refractivity contribution in [1.29, 1.82) is 0 Å². The van der Waals surface area contributed by atoms with Gasteiger partial charge < -0.3 is 0 Å². The number of carbonyl (C=O) groups is 1.